The van der Waals surface area contributed by atoms with Gasteiger partial charge in [0.15, 0.2) is 6.29 Å². The first-order valence-corrected chi connectivity index (χ1v) is 5.58. The second-order valence-corrected chi connectivity index (χ2v) is 4.11. The topological polar surface area (TPSA) is 54.4 Å². The number of aromatic carboxylic acids is 1. The largest absolute Gasteiger partial charge is 0.478 e. The number of hydrogen-bond donors (Lipinski definition) is 1. The van der Waals surface area contributed by atoms with Crippen molar-refractivity contribution in [1.82, 2.24) is 0 Å². The summed E-state index contributed by atoms with van der Waals surface area (Å²) in [5.41, 5.74) is 2.03. The lowest BCUT2D eigenvalue weighted by molar-refractivity contribution is 0.0697. The molecular formula is C14H9ClO3. The third kappa shape index (κ3) is 2.26. The van der Waals surface area contributed by atoms with Gasteiger partial charge in [-0.05, 0) is 23.3 Å². The van der Waals surface area contributed by atoms with Gasteiger partial charge in [-0.25, -0.2) is 4.79 Å². The van der Waals surface area contributed by atoms with E-state index >= 15 is 0 Å². The van der Waals surface area contributed by atoms with Gasteiger partial charge in [-0.3, -0.25) is 4.79 Å². The molecule has 0 saturated heterocycles. The fourth-order valence-corrected chi connectivity index (χ4v) is 1.98. The zero-order valence-corrected chi connectivity index (χ0v) is 10.0. The summed E-state index contributed by atoms with van der Waals surface area (Å²) in [6.45, 7) is 0. The number of rotatable bonds is 3. The Balaban J connectivity index is 2.55. The third-order valence-electron chi connectivity index (χ3n) is 2.60. The normalized spacial score (nSPS) is 10.1. The maximum absolute atomic E-state index is 10.9. The predicted octanol–water partition coefficient (Wildman–Crippen LogP) is 3.52. The standard InChI is InChI=1S/C14H9ClO3/c15-13-7-9(5-6-12(13)14(17)18)11-4-2-1-3-10(11)8-16/h1-8H,(H,17,18). The van der Waals surface area contributed by atoms with E-state index in [1.807, 2.05) is 0 Å². The van der Waals surface area contributed by atoms with Gasteiger partial charge in [0.25, 0.3) is 0 Å². The zero-order valence-electron chi connectivity index (χ0n) is 9.26. The quantitative estimate of drug-likeness (QED) is 0.859. The molecule has 2 aromatic carbocycles. The molecule has 0 aliphatic heterocycles. The van der Waals surface area contributed by atoms with Crippen LogP contribution in [0.3, 0.4) is 0 Å². The summed E-state index contributed by atoms with van der Waals surface area (Å²) in [7, 11) is 0. The van der Waals surface area contributed by atoms with Gasteiger partial charge in [0, 0.05) is 5.56 Å². The van der Waals surface area contributed by atoms with E-state index in [2.05, 4.69) is 0 Å². The third-order valence-corrected chi connectivity index (χ3v) is 2.91. The van der Waals surface area contributed by atoms with E-state index in [4.69, 9.17) is 16.7 Å². The minimum absolute atomic E-state index is 0.0454. The maximum Gasteiger partial charge on any atom is 0.337 e. The molecule has 0 spiro atoms. The monoisotopic (exact) mass is 260 g/mol. The van der Waals surface area contributed by atoms with Crippen molar-refractivity contribution in [2.24, 2.45) is 0 Å². The number of carbonyl (C=O) groups is 2. The van der Waals surface area contributed by atoms with E-state index in [1.165, 1.54) is 6.07 Å². The first kappa shape index (κ1) is 12.3. The van der Waals surface area contributed by atoms with Crippen molar-refractivity contribution in [1.29, 1.82) is 0 Å². The van der Waals surface area contributed by atoms with E-state index in [9.17, 15) is 9.59 Å². The Hall–Kier alpha value is -2.13. The Kier molecular flexibility index (Phi) is 3.44. The van der Waals surface area contributed by atoms with Crippen LogP contribution in [0.15, 0.2) is 42.5 Å². The van der Waals surface area contributed by atoms with Gasteiger partial charge in [-0.15, -0.1) is 0 Å². The summed E-state index contributed by atoms with van der Waals surface area (Å²) in [5.74, 6) is -1.07. The van der Waals surface area contributed by atoms with Gasteiger partial charge in [-0.2, -0.15) is 0 Å². The van der Waals surface area contributed by atoms with Crippen LogP contribution < -0.4 is 0 Å². The molecule has 0 heterocycles. The van der Waals surface area contributed by atoms with Crippen LogP contribution in [-0.4, -0.2) is 17.4 Å². The van der Waals surface area contributed by atoms with Crippen LogP contribution in [0, 0.1) is 0 Å². The summed E-state index contributed by atoms with van der Waals surface area (Å²) in [6.07, 6.45) is 0.758. The molecular weight excluding hydrogens is 252 g/mol. The van der Waals surface area contributed by atoms with Crippen LogP contribution in [0.4, 0.5) is 0 Å². The Morgan fingerprint density at radius 3 is 2.50 bits per heavy atom. The lowest BCUT2D eigenvalue weighted by Crippen LogP contribution is -1.97. The molecule has 0 unspecified atom stereocenters. The minimum atomic E-state index is -1.07. The van der Waals surface area contributed by atoms with Crippen molar-refractivity contribution in [2.75, 3.05) is 0 Å². The molecule has 0 saturated carbocycles. The van der Waals surface area contributed by atoms with Crippen LogP contribution in [0.1, 0.15) is 20.7 Å². The highest BCUT2D eigenvalue weighted by atomic mass is 35.5. The van der Waals surface area contributed by atoms with Crippen LogP contribution in [0.25, 0.3) is 11.1 Å². The molecule has 0 aliphatic rings. The van der Waals surface area contributed by atoms with Gasteiger partial charge in [0.05, 0.1) is 10.6 Å². The fourth-order valence-electron chi connectivity index (χ4n) is 1.72. The molecule has 3 nitrogen and oxygen atoms in total. The number of halogens is 1. The molecule has 0 aromatic heterocycles. The second kappa shape index (κ2) is 5.02. The molecule has 2 rings (SSSR count). The van der Waals surface area contributed by atoms with Crippen molar-refractivity contribution in [3.05, 3.63) is 58.6 Å². The fraction of sp³-hybridized carbons (Fsp3) is 0. The summed E-state index contributed by atoms with van der Waals surface area (Å²) >= 11 is 5.90. The van der Waals surface area contributed by atoms with Crippen molar-refractivity contribution in [2.45, 2.75) is 0 Å². The number of hydrogen-bond acceptors (Lipinski definition) is 2. The highest BCUT2D eigenvalue weighted by Gasteiger charge is 2.11. The molecule has 4 heteroatoms. The number of benzene rings is 2. The highest BCUT2D eigenvalue weighted by Crippen LogP contribution is 2.27. The lowest BCUT2D eigenvalue weighted by Gasteiger charge is -2.06. The van der Waals surface area contributed by atoms with Crippen LogP contribution in [0.2, 0.25) is 5.02 Å². The van der Waals surface area contributed by atoms with E-state index in [0.29, 0.717) is 11.1 Å². The molecule has 2 aromatic rings. The Labute approximate surface area is 109 Å². The minimum Gasteiger partial charge on any atom is -0.478 e. The van der Waals surface area contributed by atoms with E-state index in [-0.39, 0.29) is 10.6 Å². The van der Waals surface area contributed by atoms with E-state index in [1.54, 1.807) is 36.4 Å². The van der Waals surface area contributed by atoms with Gasteiger partial charge in [0.1, 0.15) is 0 Å². The smallest absolute Gasteiger partial charge is 0.337 e. The molecule has 18 heavy (non-hydrogen) atoms. The van der Waals surface area contributed by atoms with Crippen LogP contribution in [-0.2, 0) is 0 Å². The van der Waals surface area contributed by atoms with Crippen molar-refractivity contribution in [3.63, 3.8) is 0 Å². The average molecular weight is 261 g/mol. The van der Waals surface area contributed by atoms with Crippen molar-refractivity contribution >= 4 is 23.9 Å². The summed E-state index contributed by atoms with van der Waals surface area (Å²) in [4.78, 5) is 21.8. The van der Waals surface area contributed by atoms with Crippen LogP contribution in [0.5, 0.6) is 0 Å². The first-order chi connectivity index (χ1) is 8.63. The predicted molar refractivity (Wildman–Crippen MR) is 69.2 cm³/mol. The summed E-state index contributed by atoms with van der Waals surface area (Å²) < 4.78 is 0. The molecule has 0 aliphatic carbocycles. The van der Waals surface area contributed by atoms with Gasteiger partial charge >= 0.3 is 5.97 Å². The average Bonchev–Trinajstić information content (AvgIpc) is 2.38. The molecule has 0 radical (unpaired) electrons. The number of carboxylic acids is 1. The van der Waals surface area contributed by atoms with Crippen LogP contribution >= 0.6 is 11.6 Å². The summed E-state index contributed by atoms with van der Waals surface area (Å²) in [6, 6.07) is 11.7. The highest BCUT2D eigenvalue weighted by molar-refractivity contribution is 6.33. The molecule has 0 fully saturated rings. The van der Waals surface area contributed by atoms with Gasteiger partial charge in [0.2, 0.25) is 0 Å². The summed E-state index contributed by atoms with van der Waals surface area (Å²) in [5, 5.41) is 9.04. The van der Waals surface area contributed by atoms with E-state index < -0.39 is 5.97 Å². The molecule has 0 amide bonds. The lowest BCUT2D eigenvalue weighted by atomic mass is 9.99. The molecule has 90 valence electrons. The first-order valence-electron chi connectivity index (χ1n) is 5.21. The second-order valence-electron chi connectivity index (χ2n) is 3.70. The SMILES string of the molecule is O=Cc1ccccc1-c1ccc(C(=O)O)c(Cl)c1. The maximum atomic E-state index is 10.9. The van der Waals surface area contributed by atoms with Gasteiger partial charge < -0.3 is 5.11 Å². The zero-order chi connectivity index (χ0) is 13.1. The van der Waals surface area contributed by atoms with Crippen molar-refractivity contribution < 1.29 is 14.7 Å². The molecule has 0 atom stereocenters. The number of carbonyl (C=O) groups excluding carboxylic acids is 1. The van der Waals surface area contributed by atoms with Crippen molar-refractivity contribution in [3.8, 4) is 11.1 Å². The molecule has 1 N–H and O–H groups in total. The Morgan fingerprint density at radius 1 is 1.17 bits per heavy atom. The Bertz CT molecular complexity index is 620. The number of aldehydes is 1. The van der Waals surface area contributed by atoms with E-state index in [0.717, 1.165) is 11.8 Å². The Morgan fingerprint density at radius 2 is 1.89 bits per heavy atom. The number of carboxylic acid groups (broad SMARTS) is 1. The van der Waals surface area contributed by atoms with Gasteiger partial charge in [-0.1, -0.05) is 41.9 Å². The molecule has 0 bridgehead atoms.